The van der Waals surface area contributed by atoms with Crippen LogP contribution in [-0.2, 0) is 0 Å². The monoisotopic (exact) mass is 379 g/mol. The number of piperidine rings is 1. The van der Waals surface area contributed by atoms with Crippen molar-refractivity contribution in [3.05, 3.63) is 57.4 Å². The standard InChI is InChI=1S/C18H17N7O3/c26-18-22-14-9-21-17-13(5-6-19-17)16(14)24(18)12-2-1-7-23(10-12)15-4-3-11(8-20-15)25(27)28/h3-6,8-9,12H,1-2,7,10H2,(H,19,21)(H,22,26)/t12-/m1/s1. The van der Waals surface area contributed by atoms with Gasteiger partial charge in [0.25, 0.3) is 5.69 Å². The third-order valence-corrected chi connectivity index (χ3v) is 5.29. The molecule has 0 bridgehead atoms. The predicted octanol–water partition coefficient (Wildman–Crippen LogP) is 2.35. The van der Waals surface area contributed by atoms with Gasteiger partial charge in [-0.1, -0.05) is 0 Å². The van der Waals surface area contributed by atoms with Crippen molar-refractivity contribution in [2.24, 2.45) is 0 Å². The first-order chi connectivity index (χ1) is 13.6. The third kappa shape index (κ3) is 2.53. The molecule has 0 saturated carbocycles. The second-order valence-corrected chi connectivity index (χ2v) is 6.93. The van der Waals surface area contributed by atoms with Crippen molar-refractivity contribution in [1.82, 2.24) is 24.5 Å². The number of nitro groups is 1. The van der Waals surface area contributed by atoms with Gasteiger partial charge in [-0.25, -0.2) is 14.8 Å². The molecule has 0 spiro atoms. The van der Waals surface area contributed by atoms with E-state index < -0.39 is 4.92 Å². The first-order valence-corrected chi connectivity index (χ1v) is 9.03. The van der Waals surface area contributed by atoms with Gasteiger partial charge in [0.05, 0.1) is 28.2 Å². The number of hydrogen-bond donors (Lipinski definition) is 2. The Morgan fingerprint density at radius 1 is 1.21 bits per heavy atom. The molecule has 4 aromatic rings. The SMILES string of the molecule is O=c1[nH]c2cnc3[nH]ccc3c2n1[C@@H]1CCCN(c2ccc([N+](=O)[O-])cn2)C1. The van der Waals surface area contributed by atoms with E-state index in [9.17, 15) is 14.9 Å². The third-order valence-electron chi connectivity index (χ3n) is 5.29. The van der Waals surface area contributed by atoms with Crippen molar-refractivity contribution in [3.63, 3.8) is 0 Å². The fraction of sp³-hybridized carbons (Fsp3) is 0.278. The van der Waals surface area contributed by atoms with Gasteiger partial charge in [-0.2, -0.15) is 0 Å². The van der Waals surface area contributed by atoms with Crippen LogP contribution in [-0.4, -0.2) is 42.5 Å². The molecule has 1 atom stereocenters. The van der Waals surface area contributed by atoms with Gasteiger partial charge in [0.2, 0.25) is 0 Å². The molecule has 1 aliphatic heterocycles. The molecule has 2 N–H and O–H groups in total. The van der Waals surface area contributed by atoms with Gasteiger partial charge in [-0.3, -0.25) is 14.7 Å². The van der Waals surface area contributed by atoms with E-state index in [1.54, 1.807) is 12.3 Å². The molecule has 1 fully saturated rings. The van der Waals surface area contributed by atoms with Crippen molar-refractivity contribution in [1.29, 1.82) is 0 Å². The molecule has 1 aliphatic rings. The Morgan fingerprint density at radius 2 is 2.11 bits per heavy atom. The van der Waals surface area contributed by atoms with Crippen molar-refractivity contribution < 1.29 is 4.92 Å². The lowest BCUT2D eigenvalue weighted by atomic mass is 10.0. The second kappa shape index (κ2) is 6.19. The van der Waals surface area contributed by atoms with Gasteiger partial charge in [-0.15, -0.1) is 0 Å². The molecule has 28 heavy (non-hydrogen) atoms. The lowest BCUT2D eigenvalue weighted by Crippen LogP contribution is -2.39. The van der Waals surface area contributed by atoms with Crippen LogP contribution in [0.3, 0.4) is 0 Å². The Balaban J connectivity index is 1.53. The van der Waals surface area contributed by atoms with Gasteiger partial charge in [-0.05, 0) is 25.0 Å². The minimum absolute atomic E-state index is 0.0347. The fourth-order valence-electron chi connectivity index (χ4n) is 4.02. The molecule has 0 aromatic carbocycles. The number of aromatic nitrogens is 5. The van der Waals surface area contributed by atoms with E-state index in [0.717, 1.165) is 35.9 Å². The fourth-order valence-corrected chi connectivity index (χ4v) is 4.02. The molecule has 5 heterocycles. The maximum Gasteiger partial charge on any atom is 0.326 e. The zero-order valence-electron chi connectivity index (χ0n) is 14.8. The number of hydrogen-bond acceptors (Lipinski definition) is 6. The largest absolute Gasteiger partial charge is 0.355 e. The number of fused-ring (bicyclic) bond motifs is 3. The van der Waals surface area contributed by atoms with Gasteiger partial charge in [0.1, 0.15) is 17.7 Å². The Hall–Kier alpha value is -3.69. The van der Waals surface area contributed by atoms with Crippen LogP contribution in [0.2, 0.25) is 0 Å². The molecule has 10 heteroatoms. The number of pyridine rings is 2. The van der Waals surface area contributed by atoms with Crippen LogP contribution in [0.5, 0.6) is 0 Å². The normalized spacial score (nSPS) is 17.4. The lowest BCUT2D eigenvalue weighted by Gasteiger charge is -2.34. The number of nitrogens with one attached hydrogen (secondary N) is 2. The zero-order chi connectivity index (χ0) is 19.3. The molecule has 142 valence electrons. The van der Waals surface area contributed by atoms with E-state index >= 15 is 0 Å². The van der Waals surface area contributed by atoms with Crippen molar-refractivity contribution in [3.8, 4) is 0 Å². The average Bonchev–Trinajstić information content (AvgIpc) is 3.31. The number of anilines is 1. The van der Waals surface area contributed by atoms with Crippen LogP contribution < -0.4 is 10.6 Å². The van der Waals surface area contributed by atoms with E-state index in [1.165, 1.54) is 12.3 Å². The molecule has 0 radical (unpaired) electrons. The van der Waals surface area contributed by atoms with Crippen LogP contribution in [0.1, 0.15) is 18.9 Å². The molecule has 0 amide bonds. The summed E-state index contributed by atoms with van der Waals surface area (Å²) in [7, 11) is 0. The first kappa shape index (κ1) is 16.5. The van der Waals surface area contributed by atoms with E-state index in [0.29, 0.717) is 17.9 Å². The van der Waals surface area contributed by atoms with Crippen molar-refractivity contribution in [2.75, 3.05) is 18.0 Å². The van der Waals surface area contributed by atoms with Crippen molar-refractivity contribution in [2.45, 2.75) is 18.9 Å². The predicted molar refractivity (Wildman–Crippen MR) is 104 cm³/mol. The highest BCUT2D eigenvalue weighted by atomic mass is 16.6. The average molecular weight is 379 g/mol. The molecule has 5 rings (SSSR count). The number of aromatic amines is 2. The Morgan fingerprint density at radius 3 is 2.89 bits per heavy atom. The minimum Gasteiger partial charge on any atom is -0.355 e. The minimum atomic E-state index is -0.461. The summed E-state index contributed by atoms with van der Waals surface area (Å²) in [6.07, 6.45) is 6.51. The quantitative estimate of drug-likeness (QED) is 0.416. The van der Waals surface area contributed by atoms with Crippen LogP contribution in [0, 0.1) is 10.1 Å². The number of rotatable bonds is 3. The van der Waals surface area contributed by atoms with Gasteiger partial charge in [0, 0.05) is 30.7 Å². The lowest BCUT2D eigenvalue weighted by molar-refractivity contribution is -0.385. The highest BCUT2D eigenvalue weighted by Gasteiger charge is 2.26. The summed E-state index contributed by atoms with van der Waals surface area (Å²) in [6.45, 7) is 1.39. The molecule has 0 aliphatic carbocycles. The van der Waals surface area contributed by atoms with E-state index in [-0.39, 0.29) is 17.4 Å². The van der Waals surface area contributed by atoms with E-state index in [2.05, 4.69) is 24.8 Å². The second-order valence-electron chi connectivity index (χ2n) is 6.93. The van der Waals surface area contributed by atoms with Gasteiger partial charge >= 0.3 is 5.69 Å². The molecule has 4 aromatic heterocycles. The Kier molecular flexibility index (Phi) is 3.64. The summed E-state index contributed by atoms with van der Waals surface area (Å²) in [6, 6.07) is 5.01. The highest BCUT2D eigenvalue weighted by Crippen LogP contribution is 2.29. The topological polar surface area (TPSA) is 126 Å². The Bertz CT molecular complexity index is 1240. The van der Waals surface area contributed by atoms with E-state index in [4.69, 9.17) is 0 Å². The molecule has 1 saturated heterocycles. The summed E-state index contributed by atoms with van der Waals surface area (Å²) in [5, 5.41) is 11.7. The molecular formula is C18H17N7O3. The summed E-state index contributed by atoms with van der Waals surface area (Å²) >= 11 is 0. The smallest absolute Gasteiger partial charge is 0.326 e. The first-order valence-electron chi connectivity index (χ1n) is 9.03. The highest BCUT2D eigenvalue weighted by molar-refractivity contribution is 6.00. The summed E-state index contributed by atoms with van der Waals surface area (Å²) < 4.78 is 1.81. The summed E-state index contributed by atoms with van der Waals surface area (Å²) in [5.74, 6) is 0.677. The van der Waals surface area contributed by atoms with Gasteiger partial charge < -0.3 is 14.9 Å². The van der Waals surface area contributed by atoms with E-state index in [1.807, 2.05) is 16.8 Å². The Labute approximate surface area is 158 Å². The van der Waals surface area contributed by atoms with Crippen LogP contribution in [0.4, 0.5) is 11.5 Å². The number of imidazole rings is 1. The number of nitrogens with zero attached hydrogens (tertiary/aromatic N) is 5. The molecular weight excluding hydrogens is 362 g/mol. The van der Waals surface area contributed by atoms with Crippen LogP contribution >= 0.6 is 0 Å². The molecule has 0 unspecified atom stereocenters. The maximum absolute atomic E-state index is 12.7. The maximum atomic E-state index is 12.7. The summed E-state index contributed by atoms with van der Waals surface area (Å²) in [5.41, 5.74) is 2.11. The zero-order valence-corrected chi connectivity index (χ0v) is 14.8. The number of H-pyrrole nitrogens is 2. The summed E-state index contributed by atoms with van der Waals surface area (Å²) in [4.78, 5) is 39.7. The van der Waals surface area contributed by atoms with Gasteiger partial charge in [0.15, 0.2) is 0 Å². The molecule has 10 nitrogen and oxygen atoms in total. The van der Waals surface area contributed by atoms with Crippen LogP contribution in [0.25, 0.3) is 22.1 Å². The van der Waals surface area contributed by atoms with Crippen molar-refractivity contribution >= 4 is 33.6 Å². The van der Waals surface area contributed by atoms with Crippen LogP contribution in [0.15, 0.2) is 41.6 Å².